The molecule has 0 aliphatic heterocycles. The van der Waals surface area contributed by atoms with Gasteiger partial charge in [-0.2, -0.15) is 0 Å². The number of carboxylic acids is 1. The van der Waals surface area contributed by atoms with Crippen molar-refractivity contribution in [3.05, 3.63) is 35.0 Å². The summed E-state index contributed by atoms with van der Waals surface area (Å²) in [7, 11) is 1.68. The minimum absolute atomic E-state index is 0.0578. The Labute approximate surface area is 154 Å². The molecule has 2 aromatic rings. The Morgan fingerprint density at radius 3 is 2.54 bits per heavy atom. The van der Waals surface area contributed by atoms with Crippen molar-refractivity contribution in [3.8, 4) is 0 Å². The highest BCUT2D eigenvalue weighted by Crippen LogP contribution is 2.27. The normalized spacial score (nSPS) is 11.3. The number of nitrogens with zero attached hydrogens (tertiary/aromatic N) is 2. The fourth-order valence-corrected chi connectivity index (χ4v) is 3.23. The van der Waals surface area contributed by atoms with Crippen LogP contribution >= 0.6 is 0 Å². The third kappa shape index (κ3) is 4.07. The van der Waals surface area contributed by atoms with Crippen molar-refractivity contribution in [1.29, 1.82) is 0 Å². The number of amides is 1. The Morgan fingerprint density at radius 1 is 1.27 bits per heavy atom. The average molecular weight is 360 g/mol. The van der Waals surface area contributed by atoms with Gasteiger partial charge in [0.2, 0.25) is 0 Å². The molecule has 26 heavy (non-hydrogen) atoms. The van der Waals surface area contributed by atoms with Gasteiger partial charge >= 0.3 is 5.97 Å². The van der Waals surface area contributed by atoms with E-state index in [1.807, 2.05) is 32.0 Å². The van der Waals surface area contributed by atoms with Crippen LogP contribution in [0.3, 0.4) is 0 Å². The number of carbonyl (C=O) groups is 2. The van der Waals surface area contributed by atoms with E-state index in [1.165, 1.54) is 0 Å². The first-order valence-electron chi connectivity index (χ1n) is 8.89. The van der Waals surface area contributed by atoms with Gasteiger partial charge < -0.3 is 19.3 Å². The van der Waals surface area contributed by atoms with Crippen molar-refractivity contribution >= 4 is 22.8 Å². The summed E-state index contributed by atoms with van der Waals surface area (Å²) >= 11 is 0. The van der Waals surface area contributed by atoms with Gasteiger partial charge in [0.25, 0.3) is 5.91 Å². The van der Waals surface area contributed by atoms with Crippen LogP contribution in [-0.4, -0.2) is 52.8 Å². The van der Waals surface area contributed by atoms with E-state index in [-0.39, 0.29) is 24.9 Å². The highest BCUT2D eigenvalue weighted by Gasteiger charge is 2.21. The van der Waals surface area contributed by atoms with Crippen LogP contribution in [-0.2, 0) is 16.1 Å². The minimum atomic E-state index is -0.902. The van der Waals surface area contributed by atoms with Crippen molar-refractivity contribution in [1.82, 2.24) is 9.47 Å². The van der Waals surface area contributed by atoms with Crippen molar-refractivity contribution < 1.29 is 19.4 Å². The molecule has 1 heterocycles. The first kappa shape index (κ1) is 20.0. The summed E-state index contributed by atoms with van der Waals surface area (Å²) in [6.07, 6.45) is -0.0578. The molecule has 1 aromatic heterocycles. The fourth-order valence-electron chi connectivity index (χ4n) is 3.23. The predicted octanol–water partition coefficient (Wildman–Crippen LogP) is 3.23. The number of rotatable bonds is 8. The highest BCUT2D eigenvalue weighted by molar-refractivity contribution is 5.99. The van der Waals surface area contributed by atoms with E-state index in [0.717, 1.165) is 28.7 Å². The smallest absolute Gasteiger partial charge is 0.305 e. The first-order valence-corrected chi connectivity index (χ1v) is 8.89. The molecule has 0 spiro atoms. The molecule has 1 amide bonds. The van der Waals surface area contributed by atoms with Gasteiger partial charge in [-0.3, -0.25) is 9.59 Å². The summed E-state index contributed by atoms with van der Waals surface area (Å²) in [6.45, 7) is 9.51. The number of fused-ring (bicyclic) bond motifs is 1. The molecule has 1 N–H and O–H groups in total. The lowest BCUT2D eigenvalue weighted by Gasteiger charge is -2.26. The molecule has 0 radical (unpaired) electrons. The largest absolute Gasteiger partial charge is 0.481 e. The molecule has 0 saturated heterocycles. The number of benzene rings is 1. The SMILES string of the molecule is COCCn1c(C)c(C)c2cc(C(=O)N(CCC(=O)O)C(C)C)ccc21. The average Bonchev–Trinajstić information content (AvgIpc) is 2.83. The molecule has 142 valence electrons. The molecule has 6 heteroatoms. The zero-order valence-corrected chi connectivity index (χ0v) is 16.2. The van der Waals surface area contributed by atoms with E-state index in [2.05, 4.69) is 18.4 Å². The number of carbonyl (C=O) groups excluding carboxylic acids is 1. The Kier molecular flexibility index (Phi) is 6.42. The zero-order valence-electron chi connectivity index (χ0n) is 16.2. The van der Waals surface area contributed by atoms with Crippen LogP contribution in [0.15, 0.2) is 18.2 Å². The van der Waals surface area contributed by atoms with Crippen LogP contribution in [0, 0.1) is 13.8 Å². The maximum Gasteiger partial charge on any atom is 0.305 e. The van der Waals surface area contributed by atoms with Crippen LogP contribution in [0.5, 0.6) is 0 Å². The Hall–Kier alpha value is -2.34. The van der Waals surface area contributed by atoms with Gasteiger partial charge in [-0.1, -0.05) is 0 Å². The molecule has 0 fully saturated rings. The monoisotopic (exact) mass is 360 g/mol. The van der Waals surface area contributed by atoms with E-state index in [1.54, 1.807) is 12.0 Å². The minimum Gasteiger partial charge on any atom is -0.481 e. The van der Waals surface area contributed by atoms with Crippen molar-refractivity contribution in [2.45, 2.75) is 46.7 Å². The van der Waals surface area contributed by atoms with E-state index < -0.39 is 5.97 Å². The summed E-state index contributed by atoms with van der Waals surface area (Å²) < 4.78 is 7.40. The third-order valence-electron chi connectivity index (χ3n) is 4.86. The molecular weight excluding hydrogens is 332 g/mol. The molecule has 0 atom stereocenters. The number of methoxy groups -OCH3 is 1. The summed E-state index contributed by atoms with van der Waals surface area (Å²) in [6, 6.07) is 5.64. The van der Waals surface area contributed by atoms with Gasteiger partial charge in [-0.15, -0.1) is 0 Å². The van der Waals surface area contributed by atoms with E-state index in [0.29, 0.717) is 12.2 Å². The molecular formula is C20H28N2O4. The summed E-state index contributed by atoms with van der Waals surface area (Å²) in [5, 5.41) is 9.98. The quantitative estimate of drug-likeness (QED) is 0.784. The Morgan fingerprint density at radius 2 is 1.96 bits per heavy atom. The van der Waals surface area contributed by atoms with E-state index in [4.69, 9.17) is 9.84 Å². The lowest BCUT2D eigenvalue weighted by atomic mass is 10.1. The van der Waals surface area contributed by atoms with Crippen LogP contribution in [0.2, 0.25) is 0 Å². The first-order chi connectivity index (χ1) is 12.3. The number of carboxylic acid groups (broad SMARTS) is 1. The number of hydrogen-bond acceptors (Lipinski definition) is 3. The molecule has 2 rings (SSSR count). The summed E-state index contributed by atoms with van der Waals surface area (Å²) in [5.41, 5.74) is 3.97. The van der Waals surface area contributed by atoms with Gasteiger partial charge in [0.05, 0.1) is 13.0 Å². The van der Waals surface area contributed by atoms with Gasteiger partial charge in [-0.05, 0) is 51.5 Å². The standard InChI is InChI=1S/C20H28N2O4/c1-13(2)21(9-8-19(23)24)20(25)16-6-7-18-17(12-16)14(3)15(4)22(18)10-11-26-5/h6-7,12-13H,8-11H2,1-5H3,(H,23,24). The maximum absolute atomic E-state index is 12.9. The molecule has 0 saturated carbocycles. The van der Waals surface area contributed by atoms with Crippen molar-refractivity contribution in [3.63, 3.8) is 0 Å². The van der Waals surface area contributed by atoms with Gasteiger partial charge in [0, 0.05) is 48.4 Å². The summed E-state index contributed by atoms with van der Waals surface area (Å²) in [5.74, 6) is -1.04. The van der Waals surface area contributed by atoms with Gasteiger partial charge in [0.1, 0.15) is 0 Å². The molecule has 0 bridgehead atoms. The van der Waals surface area contributed by atoms with Gasteiger partial charge in [0.15, 0.2) is 0 Å². The lowest BCUT2D eigenvalue weighted by molar-refractivity contribution is -0.137. The molecule has 0 aliphatic carbocycles. The molecule has 1 aromatic carbocycles. The third-order valence-corrected chi connectivity index (χ3v) is 4.86. The van der Waals surface area contributed by atoms with Crippen LogP contribution < -0.4 is 0 Å². The second kappa shape index (κ2) is 8.36. The van der Waals surface area contributed by atoms with Crippen LogP contribution in [0.1, 0.15) is 41.9 Å². The highest BCUT2D eigenvalue weighted by atomic mass is 16.5. The van der Waals surface area contributed by atoms with E-state index in [9.17, 15) is 9.59 Å². The topological polar surface area (TPSA) is 71.8 Å². The van der Waals surface area contributed by atoms with Crippen LogP contribution in [0.25, 0.3) is 10.9 Å². The number of aliphatic carboxylic acids is 1. The van der Waals surface area contributed by atoms with E-state index >= 15 is 0 Å². The zero-order chi connectivity index (χ0) is 19.4. The fraction of sp³-hybridized carbons (Fsp3) is 0.500. The predicted molar refractivity (Wildman–Crippen MR) is 102 cm³/mol. The number of hydrogen-bond donors (Lipinski definition) is 1. The molecule has 0 unspecified atom stereocenters. The Balaban J connectivity index is 2.39. The number of aryl methyl sites for hydroxylation is 1. The van der Waals surface area contributed by atoms with Crippen LogP contribution in [0.4, 0.5) is 0 Å². The second-order valence-electron chi connectivity index (χ2n) is 6.82. The number of ether oxygens (including phenoxy) is 1. The lowest BCUT2D eigenvalue weighted by Crippen LogP contribution is -2.38. The van der Waals surface area contributed by atoms with Gasteiger partial charge in [-0.25, -0.2) is 0 Å². The number of aromatic nitrogens is 1. The molecule has 6 nitrogen and oxygen atoms in total. The summed E-state index contributed by atoms with van der Waals surface area (Å²) in [4.78, 5) is 25.4. The van der Waals surface area contributed by atoms with Crippen molar-refractivity contribution in [2.24, 2.45) is 0 Å². The maximum atomic E-state index is 12.9. The Bertz CT molecular complexity index is 808. The molecule has 0 aliphatic rings. The second-order valence-corrected chi connectivity index (χ2v) is 6.82. The van der Waals surface area contributed by atoms with Crippen molar-refractivity contribution in [2.75, 3.05) is 20.3 Å².